The maximum Gasteiger partial charge on any atom is 0.417 e. The van der Waals surface area contributed by atoms with Gasteiger partial charge in [-0.05, 0) is 13.0 Å². The molecule has 0 atom stereocenters. The predicted octanol–water partition coefficient (Wildman–Crippen LogP) is 3.95. The van der Waals surface area contributed by atoms with Crippen molar-refractivity contribution in [1.82, 2.24) is 0 Å². The van der Waals surface area contributed by atoms with Gasteiger partial charge in [0.2, 0.25) is 0 Å². The van der Waals surface area contributed by atoms with Gasteiger partial charge in [-0.3, -0.25) is 4.79 Å². The highest BCUT2D eigenvalue weighted by Gasteiger charge is 2.37. The van der Waals surface area contributed by atoms with Crippen molar-refractivity contribution >= 4 is 5.78 Å². The third kappa shape index (κ3) is 4.15. The fourth-order valence-corrected chi connectivity index (χ4v) is 1.46. The van der Waals surface area contributed by atoms with Crippen molar-refractivity contribution in [2.45, 2.75) is 26.9 Å². The lowest BCUT2D eigenvalue weighted by Crippen LogP contribution is -2.13. The van der Waals surface area contributed by atoms with Crippen LogP contribution in [-0.4, -0.2) is 20.0 Å². The van der Waals surface area contributed by atoms with E-state index in [1.165, 1.54) is 20.3 Å². The number of methoxy groups -OCH3 is 2. The second-order valence-corrected chi connectivity index (χ2v) is 3.31. The number of hydrogen-bond acceptors (Lipinski definition) is 3. The van der Waals surface area contributed by atoms with Crippen molar-refractivity contribution in [3.63, 3.8) is 0 Å². The second-order valence-electron chi connectivity index (χ2n) is 3.31. The molecule has 1 aromatic rings. The van der Waals surface area contributed by atoms with Crippen LogP contribution in [0.3, 0.4) is 0 Å². The van der Waals surface area contributed by atoms with Gasteiger partial charge in [0.05, 0.1) is 25.3 Å². The van der Waals surface area contributed by atoms with Crippen molar-refractivity contribution in [3.05, 3.63) is 23.3 Å². The van der Waals surface area contributed by atoms with Crippen LogP contribution >= 0.6 is 0 Å². The molecule has 0 N–H and O–H groups in total. The summed E-state index contributed by atoms with van der Waals surface area (Å²) in [5, 5.41) is 0. The minimum atomic E-state index is -4.64. The van der Waals surface area contributed by atoms with Crippen LogP contribution in [0.1, 0.15) is 36.7 Å². The fraction of sp³-hybridized carbons (Fsp3) is 0.462. The molecule has 0 radical (unpaired) electrons. The van der Waals surface area contributed by atoms with E-state index in [9.17, 15) is 18.0 Å². The lowest BCUT2D eigenvalue weighted by Gasteiger charge is -2.15. The normalized spacial score (nSPS) is 10.3. The van der Waals surface area contributed by atoms with E-state index in [2.05, 4.69) is 0 Å². The van der Waals surface area contributed by atoms with E-state index in [4.69, 9.17) is 9.47 Å². The maximum absolute atomic E-state index is 12.8. The average molecular weight is 278 g/mol. The molecule has 6 heteroatoms. The minimum Gasteiger partial charge on any atom is -0.497 e. The third-order valence-corrected chi connectivity index (χ3v) is 2.19. The first-order valence-corrected chi connectivity index (χ1v) is 5.65. The Morgan fingerprint density at radius 2 is 1.63 bits per heavy atom. The van der Waals surface area contributed by atoms with Crippen LogP contribution in [0.15, 0.2) is 12.1 Å². The SMILES string of the molecule is CC.COc1cc(OC)c(C(C)=O)c(C(F)(F)F)c1. The van der Waals surface area contributed by atoms with Gasteiger partial charge in [0.15, 0.2) is 5.78 Å². The van der Waals surface area contributed by atoms with Crippen molar-refractivity contribution in [3.8, 4) is 11.5 Å². The van der Waals surface area contributed by atoms with E-state index in [0.717, 1.165) is 13.0 Å². The first kappa shape index (κ1) is 17.3. The Morgan fingerprint density at radius 1 is 1.11 bits per heavy atom. The van der Waals surface area contributed by atoms with Crippen molar-refractivity contribution in [2.75, 3.05) is 14.2 Å². The Balaban J connectivity index is 0.00000154. The standard InChI is InChI=1S/C11H11F3O3.C2H6/c1-6(15)10-8(11(12,13)14)4-7(16-2)5-9(10)17-3;1-2/h4-5H,1-3H3;1-2H3. The summed E-state index contributed by atoms with van der Waals surface area (Å²) in [4.78, 5) is 11.3. The number of benzene rings is 1. The molecule has 108 valence electrons. The highest BCUT2D eigenvalue weighted by atomic mass is 19.4. The Kier molecular flexibility index (Phi) is 6.38. The molecule has 0 fully saturated rings. The predicted molar refractivity (Wildman–Crippen MR) is 65.9 cm³/mol. The number of Topliss-reactive ketones (excluding diaryl/α,β-unsaturated/α-hetero) is 1. The summed E-state index contributed by atoms with van der Waals surface area (Å²) in [5.41, 5.74) is -1.54. The van der Waals surface area contributed by atoms with Crippen LogP contribution in [0.25, 0.3) is 0 Å². The Labute approximate surface area is 110 Å². The molecular formula is C13H17F3O3. The molecule has 0 aromatic heterocycles. The number of hydrogen-bond donors (Lipinski definition) is 0. The average Bonchev–Trinajstić information content (AvgIpc) is 2.38. The topological polar surface area (TPSA) is 35.5 Å². The summed E-state index contributed by atoms with van der Waals surface area (Å²) >= 11 is 0. The number of ether oxygens (including phenoxy) is 2. The molecule has 19 heavy (non-hydrogen) atoms. The third-order valence-electron chi connectivity index (χ3n) is 2.19. The smallest absolute Gasteiger partial charge is 0.417 e. The fourth-order valence-electron chi connectivity index (χ4n) is 1.46. The zero-order valence-electron chi connectivity index (χ0n) is 11.5. The molecular weight excluding hydrogens is 261 g/mol. The van der Waals surface area contributed by atoms with E-state index in [0.29, 0.717) is 0 Å². The van der Waals surface area contributed by atoms with Crippen LogP contribution in [-0.2, 0) is 6.18 Å². The zero-order valence-corrected chi connectivity index (χ0v) is 11.5. The summed E-state index contributed by atoms with van der Waals surface area (Å²) in [6.07, 6.45) is -4.64. The highest BCUT2D eigenvalue weighted by Crippen LogP contribution is 2.39. The van der Waals surface area contributed by atoms with Gasteiger partial charge in [0, 0.05) is 6.07 Å². The van der Waals surface area contributed by atoms with E-state index in [-0.39, 0.29) is 11.5 Å². The monoisotopic (exact) mass is 278 g/mol. The highest BCUT2D eigenvalue weighted by molar-refractivity contribution is 5.98. The van der Waals surface area contributed by atoms with E-state index < -0.39 is 23.1 Å². The number of alkyl halides is 3. The number of carbonyl (C=O) groups is 1. The van der Waals surface area contributed by atoms with Gasteiger partial charge in [0.25, 0.3) is 0 Å². The van der Waals surface area contributed by atoms with E-state index >= 15 is 0 Å². The molecule has 0 aliphatic heterocycles. The van der Waals surface area contributed by atoms with Gasteiger partial charge < -0.3 is 9.47 Å². The molecule has 0 bridgehead atoms. The molecule has 0 saturated heterocycles. The van der Waals surface area contributed by atoms with Gasteiger partial charge in [-0.15, -0.1) is 0 Å². The second kappa shape index (κ2) is 7.01. The molecule has 0 heterocycles. The molecule has 0 unspecified atom stereocenters. The number of carbonyl (C=O) groups excluding carboxylic acids is 1. The van der Waals surface area contributed by atoms with E-state index in [1.807, 2.05) is 13.8 Å². The lowest BCUT2D eigenvalue weighted by atomic mass is 10.0. The van der Waals surface area contributed by atoms with Gasteiger partial charge in [-0.1, -0.05) is 13.8 Å². The summed E-state index contributed by atoms with van der Waals surface area (Å²) in [6, 6.07) is 2.02. The molecule has 0 aliphatic carbocycles. The summed E-state index contributed by atoms with van der Waals surface area (Å²) < 4.78 is 47.9. The molecule has 0 spiro atoms. The number of rotatable bonds is 3. The molecule has 0 saturated carbocycles. The zero-order chi connectivity index (χ0) is 15.2. The summed E-state index contributed by atoms with van der Waals surface area (Å²) in [5.74, 6) is -0.875. The maximum atomic E-state index is 12.8. The molecule has 3 nitrogen and oxygen atoms in total. The number of halogens is 3. The van der Waals surface area contributed by atoms with Crippen LogP contribution in [0.4, 0.5) is 13.2 Å². The van der Waals surface area contributed by atoms with Gasteiger partial charge in [-0.25, -0.2) is 0 Å². The molecule has 0 aliphatic rings. The van der Waals surface area contributed by atoms with Gasteiger partial charge in [0.1, 0.15) is 11.5 Å². The molecule has 0 amide bonds. The van der Waals surface area contributed by atoms with Crippen LogP contribution in [0.5, 0.6) is 11.5 Å². The summed E-state index contributed by atoms with van der Waals surface area (Å²) in [7, 11) is 2.43. The van der Waals surface area contributed by atoms with Crippen LogP contribution < -0.4 is 9.47 Å². The van der Waals surface area contributed by atoms with Crippen molar-refractivity contribution < 1.29 is 27.4 Å². The Morgan fingerprint density at radius 3 is 1.95 bits per heavy atom. The quantitative estimate of drug-likeness (QED) is 0.785. The Bertz CT molecular complexity index is 439. The van der Waals surface area contributed by atoms with Crippen LogP contribution in [0, 0.1) is 0 Å². The molecule has 1 aromatic carbocycles. The van der Waals surface area contributed by atoms with Crippen LogP contribution in [0.2, 0.25) is 0 Å². The summed E-state index contributed by atoms with van der Waals surface area (Å²) in [6.45, 7) is 5.06. The largest absolute Gasteiger partial charge is 0.497 e. The number of ketones is 1. The van der Waals surface area contributed by atoms with Crippen molar-refractivity contribution in [2.24, 2.45) is 0 Å². The lowest BCUT2D eigenvalue weighted by molar-refractivity contribution is -0.138. The van der Waals surface area contributed by atoms with Gasteiger partial charge >= 0.3 is 6.18 Å². The van der Waals surface area contributed by atoms with E-state index in [1.54, 1.807) is 0 Å². The first-order valence-electron chi connectivity index (χ1n) is 5.65. The first-order chi connectivity index (χ1) is 8.81. The van der Waals surface area contributed by atoms with Gasteiger partial charge in [-0.2, -0.15) is 13.2 Å². The minimum absolute atomic E-state index is 0.0147. The molecule has 1 rings (SSSR count). The Hall–Kier alpha value is -1.72. The van der Waals surface area contributed by atoms with Crippen molar-refractivity contribution in [1.29, 1.82) is 0 Å².